The number of anilines is 3. The second-order valence-corrected chi connectivity index (χ2v) is 9.88. The molecule has 0 bridgehead atoms. The predicted molar refractivity (Wildman–Crippen MR) is 127 cm³/mol. The number of piperidine rings is 1. The van der Waals surface area contributed by atoms with E-state index in [1.807, 2.05) is 0 Å². The van der Waals surface area contributed by atoms with Crippen molar-refractivity contribution in [3.63, 3.8) is 0 Å². The summed E-state index contributed by atoms with van der Waals surface area (Å²) in [5, 5.41) is 6.25. The first kappa shape index (κ1) is 23.0. The molecule has 2 N–H and O–H groups in total. The van der Waals surface area contributed by atoms with Gasteiger partial charge in [0.25, 0.3) is 0 Å². The topological polar surface area (TPSA) is 66.0 Å². The first-order valence-electron chi connectivity index (χ1n) is 11.1. The summed E-state index contributed by atoms with van der Waals surface area (Å²) in [7, 11) is 2.13. The molecular weight excluding hydrogens is 422 g/mol. The molecule has 2 aromatic heterocycles. The van der Waals surface area contributed by atoms with Crippen LogP contribution in [0.1, 0.15) is 40.5 Å². The van der Waals surface area contributed by atoms with Gasteiger partial charge < -0.3 is 10.6 Å². The molecule has 0 unspecified atom stereocenters. The van der Waals surface area contributed by atoms with E-state index in [0.717, 1.165) is 24.6 Å². The third kappa shape index (κ3) is 4.95. The maximum Gasteiger partial charge on any atom is 0.229 e. The van der Waals surface area contributed by atoms with Gasteiger partial charge in [-0.05, 0) is 83.5 Å². The number of halogens is 2. The summed E-state index contributed by atoms with van der Waals surface area (Å²) in [6.07, 6.45) is 6.06. The number of nitrogens with one attached hydrogen (secondary N) is 2. The zero-order valence-corrected chi connectivity index (χ0v) is 19.7. The monoisotopic (exact) mass is 452 g/mol. The maximum atomic E-state index is 14.7. The predicted octanol–water partition coefficient (Wildman–Crippen LogP) is 5.62. The van der Waals surface area contributed by atoms with E-state index in [2.05, 4.69) is 65.2 Å². The average Bonchev–Trinajstić information content (AvgIpc) is 2.75. The van der Waals surface area contributed by atoms with E-state index in [1.165, 1.54) is 6.07 Å². The highest BCUT2D eigenvalue weighted by molar-refractivity contribution is 5.67. The Kier molecular flexibility index (Phi) is 6.05. The van der Waals surface area contributed by atoms with Gasteiger partial charge in [-0.15, -0.1) is 0 Å². The molecule has 4 rings (SSSR count). The lowest BCUT2D eigenvalue weighted by Crippen LogP contribution is -2.61. The highest BCUT2D eigenvalue weighted by Gasteiger charge is 2.43. The summed E-state index contributed by atoms with van der Waals surface area (Å²) in [4.78, 5) is 14.7. The zero-order chi connectivity index (χ0) is 23.8. The quantitative estimate of drug-likeness (QED) is 0.524. The van der Waals surface area contributed by atoms with Crippen molar-refractivity contribution < 1.29 is 8.78 Å². The Hall–Kier alpha value is -3.13. The van der Waals surface area contributed by atoms with Crippen LogP contribution in [0.15, 0.2) is 48.9 Å². The third-order valence-corrected chi connectivity index (χ3v) is 6.61. The van der Waals surface area contributed by atoms with E-state index in [1.54, 1.807) is 36.7 Å². The van der Waals surface area contributed by atoms with Gasteiger partial charge in [0.05, 0.1) is 6.20 Å². The van der Waals surface area contributed by atoms with Crippen LogP contribution < -0.4 is 10.6 Å². The number of pyridine rings is 1. The third-order valence-electron chi connectivity index (χ3n) is 6.61. The summed E-state index contributed by atoms with van der Waals surface area (Å²) < 4.78 is 29.2. The van der Waals surface area contributed by atoms with Gasteiger partial charge in [0.2, 0.25) is 5.95 Å². The highest BCUT2D eigenvalue weighted by atomic mass is 19.1. The van der Waals surface area contributed by atoms with E-state index in [4.69, 9.17) is 0 Å². The van der Waals surface area contributed by atoms with Crippen LogP contribution in [0.3, 0.4) is 0 Å². The summed E-state index contributed by atoms with van der Waals surface area (Å²) in [6, 6.07) is 8.34. The lowest BCUT2D eigenvalue weighted by atomic mass is 9.77. The minimum atomic E-state index is -0.519. The lowest BCUT2D eigenvalue weighted by Gasteiger charge is -2.53. The summed E-state index contributed by atoms with van der Waals surface area (Å²) in [6.45, 7) is 8.76. The number of rotatable bonds is 5. The molecule has 1 saturated heterocycles. The number of likely N-dealkylation sites (tertiary alicyclic amines) is 1. The van der Waals surface area contributed by atoms with Crippen molar-refractivity contribution >= 4 is 17.5 Å². The molecule has 0 atom stereocenters. The van der Waals surface area contributed by atoms with Crippen LogP contribution in [0, 0.1) is 11.6 Å². The molecule has 1 aliphatic heterocycles. The molecule has 1 aromatic carbocycles. The van der Waals surface area contributed by atoms with Gasteiger partial charge >= 0.3 is 0 Å². The number of nitrogens with zero attached hydrogens (tertiary/aromatic N) is 4. The Balaban J connectivity index is 1.52. The van der Waals surface area contributed by atoms with Crippen molar-refractivity contribution in [3.8, 4) is 11.1 Å². The van der Waals surface area contributed by atoms with Crippen LogP contribution in [-0.4, -0.2) is 44.0 Å². The number of hydrogen-bond donors (Lipinski definition) is 2. The Morgan fingerprint density at radius 2 is 1.64 bits per heavy atom. The van der Waals surface area contributed by atoms with Gasteiger partial charge in [-0.25, -0.2) is 13.8 Å². The van der Waals surface area contributed by atoms with E-state index >= 15 is 0 Å². The van der Waals surface area contributed by atoms with Crippen LogP contribution in [0.2, 0.25) is 0 Å². The van der Waals surface area contributed by atoms with Crippen LogP contribution in [0.4, 0.5) is 26.2 Å². The van der Waals surface area contributed by atoms with E-state index in [-0.39, 0.29) is 34.7 Å². The summed E-state index contributed by atoms with van der Waals surface area (Å²) >= 11 is 0. The van der Waals surface area contributed by atoms with E-state index in [9.17, 15) is 8.78 Å². The van der Waals surface area contributed by atoms with Gasteiger partial charge in [0.15, 0.2) is 11.6 Å². The standard InChI is InChI=1S/C25H30F2N6/c1-24(2)13-18(14-25(3,4)33(24)5)30-22-21(27)15-29-23(32-22)31-17-6-7-19(20(26)12-17)16-8-10-28-11-9-16/h6-12,15,18H,13-14H2,1-5H3,(H2,29,30,31,32). The minimum Gasteiger partial charge on any atom is -0.365 e. The Morgan fingerprint density at radius 1 is 0.970 bits per heavy atom. The fourth-order valence-electron chi connectivity index (χ4n) is 4.68. The second-order valence-electron chi connectivity index (χ2n) is 9.88. The van der Waals surface area contributed by atoms with E-state index in [0.29, 0.717) is 11.3 Å². The Labute approximate surface area is 193 Å². The zero-order valence-electron chi connectivity index (χ0n) is 19.7. The number of hydrogen-bond acceptors (Lipinski definition) is 6. The smallest absolute Gasteiger partial charge is 0.229 e. The van der Waals surface area contributed by atoms with Crippen LogP contribution in [0.25, 0.3) is 11.1 Å². The molecule has 8 heteroatoms. The van der Waals surface area contributed by atoms with Crippen LogP contribution >= 0.6 is 0 Å². The number of aromatic nitrogens is 3. The molecule has 0 amide bonds. The molecule has 6 nitrogen and oxygen atoms in total. The molecule has 33 heavy (non-hydrogen) atoms. The molecule has 0 aliphatic carbocycles. The SMILES string of the molecule is CN1C(C)(C)CC(Nc2nc(Nc3ccc(-c4ccncc4)c(F)c3)ncc2F)CC1(C)C. The molecule has 0 spiro atoms. The Morgan fingerprint density at radius 3 is 2.27 bits per heavy atom. The summed E-state index contributed by atoms with van der Waals surface area (Å²) in [5.41, 5.74) is 1.60. The highest BCUT2D eigenvalue weighted by Crippen LogP contribution is 2.38. The molecular formula is C25H30F2N6. The fraction of sp³-hybridized carbons (Fsp3) is 0.400. The fourth-order valence-corrected chi connectivity index (χ4v) is 4.68. The molecule has 0 saturated carbocycles. The molecule has 1 aliphatic rings. The van der Waals surface area contributed by atoms with Crippen LogP contribution in [-0.2, 0) is 0 Å². The molecule has 0 radical (unpaired) electrons. The number of benzene rings is 1. The molecule has 3 aromatic rings. The van der Waals surface area contributed by atoms with Gasteiger partial charge in [-0.1, -0.05) is 0 Å². The minimum absolute atomic E-state index is 0.0436. The van der Waals surface area contributed by atoms with Gasteiger partial charge in [-0.2, -0.15) is 4.98 Å². The Bertz CT molecular complexity index is 1110. The molecule has 1 fully saturated rings. The van der Waals surface area contributed by atoms with Gasteiger partial charge in [-0.3, -0.25) is 9.88 Å². The van der Waals surface area contributed by atoms with Crippen molar-refractivity contribution in [3.05, 3.63) is 60.6 Å². The molecule has 174 valence electrons. The largest absolute Gasteiger partial charge is 0.365 e. The summed E-state index contributed by atoms with van der Waals surface area (Å²) in [5.74, 6) is -0.569. The van der Waals surface area contributed by atoms with Crippen molar-refractivity contribution in [2.75, 3.05) is 17.7 Å². The van der Waals surface area contributed by atoms with E-state index < -0.39 is 5.82 Å². The first-order chi connectivity index (χ1) is 15.5. The van der Waals surface area contributed by atoms with Gasteiger partial charge in [0, 0.05) is 40.8 Å². The lowest BCUT2D eigenvalue weighted by molar-refractivity contribution is -0.00778. The second kappa shape index (κ2) is 8.67. The van der Waals surface area contributed by atoms with Crippen LogP contribution in [0.5, 0.6) is 0 Å². The van der Waals surface area contributed by atoms with Crippen molar-refractivity contribution in [2.24, 2.45) is 0 Å². The molecule has 3 heterocycles. The normalized spacial score (nSPS) is 18.2. The van der Waals surface area contributed by atoms with Gasteiger partial charge in [0.1, 0.15) is 5.82 Å². The maximum absolute atomic E-state index is 14.7. The van der Waals surface area contributed by atoms with Crippen molar-refractivity contribution in [1.82, 2.24) is 19.9 Å². The average molecular weight is 453 g/mol. The van der Waals surface area contributed by atoms with Crippen molar-refractivity contribution in [2.45, 2.75) is 57.7 Å². The first-order valence-corrected chi connectivity index (χ1v) is 11.1. The van der Waals surface area contributed by atoms with Crippen molar-refractivity contribution in [1.29, 1.82) is 0 Å².